The summed E-state index contributed by atoms with van der Waals surface area (Å²) in [6.07, 6.45) is -1.73. The number of hydrogen-bond acceptors (Lipinski definition) is 5. The summed E-state index contributed by atoms with van der Waals surface area (Å²) < 4.78 is 43.2. The summed E-state index contributed by atoms with van der Waals surface area (Å²) in [5, 5.41) is 0. The van der Waals surface area contributed by atoms with E-state index in [0.717, 1.165) is 56.4 Å². The van der Waals surface area contributed by atoms with Crippen molar-refractivity contribution in [2.24, 2.45) is 0 Å². The third-order valence-corrected chi connectivity index (χ3v) is 4.27. The van der Waals surface area contributed by atoms with E-state index in [9.17, 15) is 13.2 Å². The predicted octanol–water partition coefficient (Wildman–Crippen LogP) is 3.22. The van der Waals surface area contributed by atoms with Crippen molar-refractivity contribution in [3.63, 3.8) is 0 Å². The maximum atomic E-state index is 12.6. The number of halogens is 3. The van der Waals surface area contributed by atoms with Crippen LogP contribution in [0.15, 0.2) is 36.7 Å². The van der Waals surface area contributed by atoms with Gasteiger partial charge in [0.25, 0.3) is 0 Å². The van der Waals surface area contributed by atoms with Crippen LogP contribution >= 0.6 is 0 Å². The lowest BCUT2D eigenvalue weighted by molar-refractivity contribution is -0.137. The quantitative estimate of drug-likeness (QED) is 0.813. The maximum absolute atomic E-state index is 12.6. The Labute approximate surface area is 150 Å². The predicted molar refractivity (Wildman–Crippen MR) is 92.1 cm³/mol. The lowest BCUT2D eigenvalue weighted by Crippen LogP contribution is -2.46. The molecule has 2 aromatic heterocycles. The summed E-state index contributed by atoms with van der Waals surface area (Å²) in [6.45, 7) is 6.32. The molecule has 5 nitrogen and oxygen atoms in total. The first-order valence-corrected chi connectivity index (χ1v) is 8.54. The minimum absolute atomic E-state index is 0.580. The van der Waals surface area contributed by atoms with Crippen LogP contribution in [0.1, 0.15) is 18.2 Å². The second-order valence-electron chi connectivity index (χ2n) is 6.08. The zero-order valence-electron chi connectivity index (χ0n) is 14.5. The molecule has 1 aliphatic heterocycles. The van der Waals surface area contributed by atoms with Crippen molar-refractivity contribution in [3.05, 3.63) is 47.9 Å². The Hall–Kier alpha value is -2.35. The zero-order valence-corrected chi connectivity index (χ0v) is 14.5. The number of nitrogens with zero attached hydrogens (tertiary/aromatic N) is 4. The van der Waals surface area contributed by atoms with Gasteiger partial charge in [-0.3, -0.25) is 9.88 Å². The molecule has 1 fully saturated rings. The normalized spacial score (nSPS) is 15.9. The number of hydrogen-bond donors (Lipinski definition) is 0. The number of piperazine rings is 1. The second kappa shape index (κ2) is 7.90. The van der Waals surface area contributed by atoms with Gasteiger partial charge in [-0.15, -0.1) is 0 Å². The van der Waals surface area contributed by atoms with Gasteiger partial charge in [0, 0.05) is 38.9 Å². The summed E-state index contributed by atoms with van der Waals surface area (Å²) in [7, 11) is 0. The highest BCUT2D eigenvalue weighted by atomic mass is 19.4. The molecular weight excluding hydrogens is 345 g/mol. The third-order valence-electron chi connectivity index (χ3n) is 4.27. The Morgan fingerprint density at radius 2 is 1.77 bits per heavy atom. The fourth-order valence-corrected chi connectivity index (χ4v) is 2.86. The van der Waals surface area contributed by atoms with Crippen LogP contribution in [0.2, 0.25) is 0 Å². The van der Waals surface area contributed by atoms with Crippen molar-refractivity contribution < 1.29 is 17.9 Å². The highest BCUT2D eigenvalue weighted by molar-refractivity contribution is 5.40. The van der Waals surface area contributed by atoms with Gasteiger partial charge in [0.15, 0.2) is 0 Å². The largest absolute Gasteiger partial charge is 0.492 e. The van der Waals surface area contributed by atoms with Gasteiger partial charge in [-0.1, -0.05) is 0 Å². The zero-order chi connectivity index (χ0) is 18.6. The topological polar surface area (TPSA) is 41.5 Å². The van der Waals surface area contributed by atoms with Gasteiger partial charge in [0.2, 0.25) is 0 Å². The van der Waals surface area contributed by atoms with Crippen LogP contribution in [0.4, 0.5) is 19.0 Å². The molecule has 0 aliphatic carbocycles. The van der Waals surface area contributed by atoms with E-state index >= 15 is 0 Å². The molecule has 0 aromatic carbocycles. The van der Waals surface area contributed by atoms with Crippen molar-refractivity contribution in [1.29, 1.82) is 0 Å². The van der Waals surface area contributed by atoms with E-state index in [-0.39, 0.29) is 0 Å². The van der Waals surface area contributed by atoms with E-state index in [2.05, 4.69) is 14.9 Å². The monoisotopic (exact) mass is 366 g/mol. The Kier molecular flexibility index (Phi) is 5.61. The number of pyridine rings is 2. The molecule has 1 saturated heterocycles. The summed E-state index contributed by atoms with van der Waals surface area (Å²) in [5.74, 6) is 1.34. The lowest BCUT2D eigenvalue weighted by atomic mass is 10.2. The molecule has 0 radical (unpaired) electrons. The van der Waals surface area contributed by atoms with Gasteiger partial charge in [-0.2, -0.15) is 13.2 Å². The molecule has 1 aliphatic rings. The average Bonchev–Trinajstić information content (AvgIpc) is 2.64. The van der Waals surface area contributed by atoms with E-state index in [1.807, 2.05) is 24.0 Å². The van der Waals surface area contributed by atoms with Crippen molar-refractivity contribution in [2.75, 3.05) is 37.7 Å². The molecule has 0 amide bonds. The number of aromatic nitrogens is 2. The molecule has 26 heavy (non-hydrogen) atoms. The molecule has 0 bridgehead atoms. The van der Waals surface area contributed by atoms with Crippen molar-refractivity contribution in [2.45, 2.75) is 19.6 Å². The van der Waals surface area contributed by atoms with Gasteiger partial charge in [-0.25, -0.2) is 4.98 Å². The smallest absolute Gasteiger partial charge is 0.417 e. The van der Waals surface area contributed by atoms with E-state index in [1.54, 1.807) is 6.20 Å². The minimum atomic E-state index is -4.35. The van der Waals surface area contributed by atoms with E-state index < -0.39 is 11.7 Å². The fourth-order valence-electron chi connectivity index (χ4n) is 2.86. The summed E-state index contributed by atoms with van der Waals surface area (Å²) in [6, 6.07) is 6.38. The Morgan fingerprint density at radius 3 is 2.31 bits per heavy atom. The second-order valence-corrected chi connectivity index (χ2v) is 6.08. The lowest BCUT2D eigenvalue weighted by Gasteiger charge is -2.35. The van der Waals surface area contributed by atoms with Crippen molar-refractivity contribution in [3.8, 4) is 5.75 Å². The first-order valence-electron chi connectivity index (χ1n) is 8.54. The minimum Gasteiger partial charge on any atom is -0.492 e. The Bertz CT molecular complexity index is 696. The van der Waals surface area contributed by atoms with Crippen LogP contribution < -0.4 is 9.64 Å². The van der Waals surface area contributed by atoms with Crippen molar-refractivity contribution in [1.82, 2.24) is 14.9 Å². The van der Waals surface area contributed by atoms with Crippen LogP contribution in [-0.2, 0) is 12.7 Å². The molecule has 0 saturated carbocycles. The molecule has 0 unspecified atom stereocenters. The van der Waals surface area contributed by atoms with E-state index in [1.165, 1.54) is 6.07 Å². The summed E-state index contributed by atoms with van der Waals surface area (Å²) in [4.78, 5) is 12.6. The number of alkyl halides is 3. The Morgan fingerprint density at radius 1 is 1.00 bits per heavy atom. The molecular formula is C18H21F3N4O. The van der Waals surface area contributed by atoms with Crippen LogP contribution in [0.5, 0.6) is 5.75 Å². The summed E-state index contributed by atoms with van der Waals surface area (Å²) >= 11 is 0. The highest BCUT2D eigenvalue weighted by Gasteiger charge is 2.31. The number of rotatable bonds is 5. The number of anilines is 1. The first kappa shape index (κ1) is 18.4. The van der Waals surface area contributed by atoms with Gasteiger partial charge in [0.05, 0.1) is 24.1 Å². The molecule has 8 heteroatoms. The van der Waals surface area contributed by atoms with Crippen molar-refractivity contribution >= 4 is 5.82 Å². The molecule has 3 heterocycles. The first-order chi connectivity index (χ1) is 12.5. The third kappa shape index (κ3) is 4.63. The molecule has 140 valence electrons. The van der Waals surface area contributed by atoms with Crippen LogP contribution in [-0.4, -0.2) is 47.7 Å². The average molecular weight is 366 g/mol. The fraction of sp³-hybridized carbons (Fsp3) is 0.444. The highest BCUT2D eigenvalue weighted by Crippen LogP contribution is 2.29. The molecule has 0 atom stereocenters. The van der Waals surface area contributed by atoms with Gasteiger partial charge < -0.3 is 9.64 Å². The summed E-state index contributed by atoms with van der Waals surface area (Å²) in [5.41, 5.74) is 0.246. The maximum Gasteiger partial charge on any atom is 0.417 e. The van der Waals surface area contributed by atoms with Crippen LogP contribution in [0, 0.1) is 0 Å². The Balaban J connectivity index is 1.52. The molecule has 2 aromatic rings. The van der Waals surface area contributed by atoms with Crippen LogP contribution in [0.25, 0.3) is 0 Å². The standard InChI is InChI=1S/C18H21F3N4O/c1-2-26-16-5-4-15(22-12-16)13-24-7-9-25(10-8-24)17-6-3-14(11-23-17)18(19,20)21/h3-6,11-12H,2,7-10,13H2,1H3. The van der Waals surface area contributed by atoms with Gasteiger partial charge >= 0.3 is 6.18 Å². The van der Waals surface area contributed by atoms with E-state index in [0.29, 0.717) is 12.4 Å². The number of ether oxygens (including phenoxy) is 1. The molecule has 0 spiro atoms. The molecule has 0 N–H and O–H groups in total. The molecule has 3 rings (SSSR count). The van der Waals surface area contributed by atoms with E-state index in [4.69, 9.17) is 4.74 Å². The van der Waals surface area contributed by atoms with Gasteiger partial charge in [0.1, 0.15) is 11.6 Å². The SMILES string of the molecule is CCOc1ccc(CN2CCN(c3ccc(C(F)(F)F)cn3)CC2)nc1. The van der Waals surface area contributed by atoms with Crippen LogP contribution in [0.3, 0.4) is 0 Å². The van der Waals surface area contributed by atoms with Gasteiger partial charge in [-0.05, 0) is 31.2 Å².